The fourth-order valence-corrected chi connectivity index (χ4v) is 2.55. The molecule has 2 aromatic rings. The second kappa shape index (κ2) is 10.6. The summed E-state index contributed by atoms with van der Waals surface area (Å²) >= 11 is 0. The van der Waals surface area contributed by atoms with Gasteiger partial charge < -0.3 is 15.2 Å². The van der Waals surface area contributed by atoms with E-state index < -0.39 is 6.10 Å². The summed E-state index contributed by atoms with van der Waals surface area (Å²) in [6, 6.07) is 17.2. The van der Waals surface area contributed by atoms with Gasteiger partial charge in [-0.3, -0.25) is 4.79 Å². The van der Waals surface area contributed by atoms with Crippen molar-refractivity contribution < 1.29 is 14.6 Å². The zero-order chi connectivity index (χ0) is 17.9. The highest BCUT2D eigenvalue weighted by Crippen LogP contribution is 2.20. The van der Waals surface area contributed by atoms with Crippen LogP contribution in [-0.4, -0.2) is 36.7 Å². The Morgan fingerprint density at radius 2 is 1.84 bits per heavy atom. The van der Waals surface area contributed by atoms with Crippen LogP contribution >= 0.6 is 0 Å². The number of ether oxygens (including phenoxy) is 1. The van der Waals surface area contributed by atoms with Gasteiger partial charge in [0.2, 0.25) is 0 Å². The van der Waals surface area contributed by atoms with Gasteiger partial charge in [-0.2, -0.15) is 0 Å². The molecular weight excluding hydrogens is 314 g/mol. The van der Waals surface area contributed by atoms with Crippen molar-refractivity contribution in [2.24, 2.45) is 0 Å². The second-order valence-corrected chi connectivity index (χ2v) is 6.07. The maximum absolute atomic E-state index is 12.5. The first-order valence-corrected chi connectivity index (χ1v) is 8.88. The first kappa shape index (κ1) is 19.2. The summed E-state index contributed by atoms with van der Waals surface area (Å²) in [5, 5.41) is 13.1. The van der Waals surface area contributed by atoms with Gasteiger partial charge in [0.25, 0.3) is 0 Å². The van der Waals surface area contributed by atoms with E-state index in [1.807, 2.05) is 42.5 Å². The standard InChI is InChI=1S/C21H27NO3/c1-2-14-22-15-18(23)16-25-21-11-7-6-10-19(21)20(24)13-12-17-8-4-3-5-9-17/h3-11,18,22-23H,2,12-16H2,1H3/t18-/m1/s1. The Morgan fingerprint density at radius 1 is 1.12 bits per heavy atom. The van der Waals surface area contributed by atoms with Crippen LogP contribution < -0.4 is 10.1 Å². The summed E-state index contributed by atoms with van der Waals surface area (Å²) in [5.41, 5.74) is 1.72. The summed E-state index contributed by atoms with van der Waals surface area (Å²) in [7, 11) is 0. The lowest BCUT2D eigenvalue weighted by Gasteiger charge is -2.15. The third-order valence-corrected chi connectivity index (χ3v) is 3.91. The zero-order valence-corrected chi connectivity index (χ0v) is 14.8. The van der Waals surface area contributed by atoms with Gasteiger partial charge in [-0.25, -0.2) is 0 Å². The predicted molar refractivity (Wildman–Crippen MR) is 100 cm³/mol. The molecular formula is C21H27NO3. The molecule has 1 atom stereocenters. The first-order chi connectivity index (χ1) is 12.2. The van der Waals surface area contributed by atoms with Crippen LogP contribution in [0.4, 0.5) is 0 Å². The van der Waals surface area contributed by atoms with Crippen LogP contribution in [0.5, 0.6) is 5.75 Å². The lowest BCUT2D eigenvalue weighted by atomic mass is 10.0. The molecule has 0 saturated heterocycles. The number of hydrogen-bond acceptors (Lipinski definition) is 4. The van der Waals surface area contributed by atoms with Crippen molar-refractivity contribution in [1.82, 2.24) is 5.32 Å². The molecule has 0 heterocycles. The molecule has 0 amide bonds. The first-order valence-electron chi connectivity index (χ1n) is 8.88. The normalized spacial score (nSPS) is 11.9. The molecule has 0 aliphatic heterocycles. The number of carbonyl (C=O) groups is 1. The molecule has 2 rings (SSSR count). The number of Topliss-reactive ketones (excluding diaryl/α,β-unsaturated/α-hetero) is 1. The van der Waals surface area contributed by atoms with E-state index in [4.69, 9.17) is 4.74 Å². The monoisotopic (exact) mass is 341 g/mol. The van der Waals surface area contributed by atoms with Gasteiger partial charge in [0.05, 0.1) is 5.56 Å². The lowest BCUT2D eigenvalue weighted by molar-refractivity contribution is 0.0950. The molecule has 0 aliphatic carbocycles. The number of benzene rings is 2. The highest BCUT2D eigenvalue weighted by atomic mass is 16.5. The summed E-state index contributed by atoms with van der Waals surface area (Å²) in [6.07, 6.45) is 1.56. The van der Waals surface area contributed by atoms with Crippen molar-refractivity contribution in [2.45, 2.75) is 32.3 Å². The fraction of sp³-hybridized carbons (Fsp3) is 0.381. The number of rotatable bonds is 11. The van der Waals surface area contributed by atoms with Gasteiger partial charge in [-0.1, -0.05) is 49.4 Å². The van der Waals surface area contributed by atoms with Crippen LogP contribution in [-0.2, 0) is 6.42 Å². The molecule has 2 aromatic carbocycles. The molecule has 4 heteroatoms. The molecule has 2 N–H and O–H groups in total. The average Bonchev–Trinajstić information content (AvgIpc) is 2.66. The van der Waals surface area contributed by atoms with Crippen LogP contribution in [0, 0.1) is 0 Å². The average molecular weight is 341 g/mol. The van der Waals surface area contributed by atoms with E-state index in [0.717, 1.165) is 18.5 Å². The maximum atomic E-state index is 12.5. The van der Waals surface area contributed by atoms with Gasteiger partial charge in [0.1, 0.15) is 18.5 Å². The SMILES string of the molecule is CCCNC[C@@H](O)COc1ccccc1C(=O)CCc1ccccc1. The quantitative estimate of drug-likeness (QED) is 0.487. The Balaban J connectivity index is 1.89. The van der Waals surface area contributed by atoms with Gasteiger partial charge in [0.15, 0.2) is 5.78 Å². The maximum Gasteiger partial charge on any atom is 0.166 e. The van der Waals surface area contributed by atoms with E-state index in [0.29, 0.717) is 30.7 Å². The van der Waals surface area contributed by atoms with E-state index >= 15 is 0 Å². The highest BCUT2D eigenvalue weighted by Gasteiger charge is 2.13. The minimum Gasteiger partial charge on any atom is -0.490 e. The Labute approximate surface area is 149 Å². The molecule has 134 valence electrons. The van der Waals surface area contributed by atoms with Crippen molar-refractivity contribution in [1.29, 1.82) is 0 Å². The smallest absolute Gasteiger partial charge is 0.166 e. The second-order valence-electron chi connectivity index (χ2n) is 6.07. The molecule has 0 unspecified atom stereocenters. The summed E-state index contributed by atoms with van der Waals surface area (Å²) in [5.74, 6) is 0.591. The van der Waals surface area contributed by atoms with Gasteiger partial charge in [-0.05, 0) is 37.1 Å². The van der Waals surface area contributed by atoms with Crippen LogP contribution in [0.1, 0.15) is 35.7 Å². The minimum absolute atomic E-state index is 0.0538. The topological polar surface area (TPSA) is 58.6 Å². The minimum atomic E-state index is -0.598. The van der Waals surface area contributed by atoms with Crippen LogP contribution in [0.15, 0.2) is 54.6 Å². The van der Waals surface area contributed by atoms with Crippen molar-refractivity contribution in [3.8, 4) is 5.75 Å². The third-order valence-electron chi connectivity index (χ3n) is 3.91. The molecule has 0 bridgehead atoms. The number of para-hydroxylation sites is 1. The molecule has 0 saturated carbocycles. The molecule has 0 spiro atoms. The van der Waals surface area contributed by atoms with Gasteiger partial charge in [0, 0.05) is 13.0 Å². The van der Waals surface area contributed by atoms with Crippen LogP contribution in [0.25, 0.3) is 0 Å². The van der Waals surface area contributed by atoms with Crippen molar-refractivity contribution in [2.75, 3.05) is 19.7 Å². The number of hydrogen-bond donors (Lipinski definition) is 2. The van der Waals surface area contributed by atoms with E-state index in [-0.39, 0.29) is 12.4 Å². The van der Waals surface area contributed by atoms with Gasteiger partial charge in [-0.15, -0.1) is 0 Å². The molecule has 0 aliphatic rings. The number of aryl methyl sites for hydroxylation is 1. The molecule has 0 radical (unpaired) electrons. The lowest BCUT2D eigenvalue weighted by Crippen LogP contribution is -2.32. The Morgan fingerprint density at radius 3 is 2.60 bits per heavy atom. The Kier molecular flexibility index (Phi) is 8.16. The summed E-state index contributed by atoms with van der Waals surface area (Å²) in [6.45, 7) is 3.59. The molecule has 25 heavy (non-hydrogen) atoms. The summed E-state index contributed by atoms with van der Waals surface area (Å²) < 4.78 is 5.69. The fourth-order valence-electron chi connectivity index (χ4n) is 2.55. The third kappa shape index (κ3) is 6.69. The van der Waals surface area contributed by atoms with Gasteiger partial charge >= 0.3 is 0 Å². The number of carbonyl (C=O) groups excluding carboxylic acids is 1. The zero-order valence-electron chi connectivity index (χ0n) is 14.8. The number of aliphatic hydroxyl groups is 1. The number of nitrogens with one attached hydrogen (secondary N) is 1. The highest BCUT2D eigenvalue weighted by molar-refractivity contribution is 5.98. The summed E-state index contributed by atoms with van der Waals surface area (Å²) in [4.78, 5) is 12.5. The van der Waals surface area contributed by atoms with Crippen molar-refractivity contribution >= 4 is 5.78 Å². The number of ketones is 1. The molecule has 0 fully saturated rings. The van der Waals surface area contributed by atoms with E-state index in [9.17, 15) is 9.90 Å². The Hall–Kier alpha value is -2.17. The largest absolute Gasteiger partial charge is 0.490 e. The van der Waals surface area contributed by atoms with E-state index in [1.165, 1.54) is 0 Å². The Bertz CT molecular complexity index is 643. The predicted octanol–water partition coefficient (Wildman–Crippen LogP) is 3.24. The van der Waals surface area contributed by atoms with Crippen molar-refractivity contribution in [3.63, 3.8) is 0 Å². The van der Waals surface area contributed by atoms with Crippen LogP contribution in [0.3, 0.4) is 0 Å². The van der Waals surface area contributed by atoms with E-state index in [2.05, 4.69) is 12.2 Å². The molecule has 0 aromatic heterocycles. The van der Waals surface area contributed by atoms with E-state index in [1.54, 1.807) is 12.1 Å². The number of aliphatic hydroxyl groups excluding tert-OH is 1. The van der Waals surface area contributed by atoms with Crippen LogP contribution in [0.2, 0.25) is 0 Å². The molecule has 4 nitrogen and oxygen atoms in total. The van der Waals surface area contributed by atoms with Crippen molar-refractivity contribution in [3.05, 3.63) is 65.7 Å².